The molecule has 0 aromatic heterocycles. The molecule has 0 aliphatic carbocycles. The number of ether oxygens (including phenoxy) is 3. The fourth-order valence-electron chi connectivity index (χ4n) is 9.11. The minimum absolute atomic E-state index is 0.104. The molecule has 0 radical (unpaired) electrons. The van der Waals surface area contributed by atoms with Crippen LogP contribution in [-0.2, 0) is 28.6 Å². The third-order valence-electron chi connectivity index (χ3n) is 14.1. The Kier molecular flexibility index (Phi) is 64.8. The highest BCUT2D eigenvalue weighted by Crippen LogP contribution is 2.16. The summed E-state index contributed by atoms with van der Waals surface area (Å²) < 4.78 is 16.9. The molecule has 6 nitrogen and oxygen atoms in total. The Morgan fingerprint density at radius 2 is 0.488 bits per heavy atom. The van der Waals surface area contributed by atoms with Crippen LogP contribution < -0.4 is 0 Å². The van der Waals surface area contributed by atoms with E-state index in [1.54, 1.807) is 0 Å². The molecule has 0 saturated heterocycles. The van der Waals surface area contributed by atoms with E-state index >= 15 is 0 Å². The van der Waals surface area contributed by atoms with Crippen LogP contribution in [0, 0.1) is 0 Å². The first-order valence-corrected chi connectivity index (χ1v) is 33.8. The fourth-order valence-corrected chi connectivity index (χ4v) is 9.11. The Hall–Kier alpha value is -4.71. The van der Waals surface area contributed by atoms with Crippen molar-refractivity contribution < 1.29 is 28.6 Å². The van der Waals surface area contributed by atoms with E-state index in [4.69, 9.17) is 14.2 Å². The number of carbonyl (C=O) groups is 3. The van der Waals surface area contributed by atoms with E-state index in [-0.39, 0.29) is 37.5 Å². The highest BCUT2D eigenvalue weighted by molar-refractivity contribution is 5.71. The van der Waals surface area contributed by atoms with Crippen LogP contribution in [0.4, 0.5) is 0 Å². The molecule has 0 N–H and O–H groups in total. The lowest BCUT2D eigenvalue weighted by atomic mass is 10.0. The van der Waals surface area contributed by atoms with Crippen LogP contribution in [0.25, 0.3) is 0 Å². The minimum atomic E-state index is -0.812. The molecule has 0 aromatic rings. The summed E-state index contributed by atoms with van der Waals surface area (Å²) in [5.41, 5.74) is 0. The number of allylic oxidation sites excluding steroid dienone is 24. The zero-order chi connectivity index (χ0) is 59.2. The number of unbranched alkanes of at least 4 members (excludes halogenated alkanes) is 25. The average molecular weight is 1130 g/mol. The van der Waals surface area contributed by atoms with Gasteiger partial charge in [0.25, 0.3) is 0 Å². The van der Waals surface area contributed by atoms with Crippen molar-refractivity contribution >= 4 is 17.9 Å². The van der Waals surface area contributed by atoms with Crippen molar-refractivity contribution in [2.45, 2.75) is 303 Å². The third-order valence-corrected chi connectivity index (χ3v) is 14.1. The molecular formula is C76H124O6. The van der Waals surface area contributed by atoms with E-state index in [9.17, 15) is 14.4 Å². The van der Waals surface area contributed by atoms with E-state index in [1.807, 2.05) is 0 Å². The normalized spacial score (nSPS) is 13.1. The predicted molar refractivity (Wildman–Crippen MR) is 357 cm³/mol. The van der Waals surface area contributed by atoms with Crippen LogP contribution in [0.2, 0.25) is 0 Å². The molecule has 0 aliphatic heterocycles. The smallest absolute Gasteiger partial charge is 0.306 e. The van der Waals surface area contributed by atoms with E-state index in [1.165, 1.54) is 122 Å². The summed E-state index contributed by atoms with van der Waals surface area (Å²) in [6.07, 6.45) is 98.6. The van der Waals surface area contributed by atoms with Crippen LogP contribution >= 0.6 is 0 Å². The van der Waals surface area contributed by atoms with Gasteiger partial charge in [-0.15, -0.1) is 0 Å². The first-order chi connectivity index (χ1) is 40.5. The fraction of sp³-hybridized carbons (Fsp3) is 0.645. The summed E-state index contributed by atoms with van der Waals surface area (Å²) >= 11 is 0. The maximum absolute atomic E-state index is 12.9. The van der Waals surface area contributed by atoms with Crippen molar-refractivity contribution in [3.05, 3.63) is 146 Å². The second-order valence-corrected chi connectivity index (χ2v) is 22.0. The standard InChI is InChI=1S/C76H124O6/c1-4-7-10-13-16-19-22-25-28-31-33-34-35-36-37-38-39-40-41-42-43-46-48-51-54-57-60-63-66-69-75(78)81-72-73(71-80-74(77)68-65-62-59-56-53-50-47-44-30-27-24-21-18-15-12-9-6-3)82-76(79)70-67-64-61-58-55-52-49-45-32-29-26-23-20-17-14-11-8-5-2/h7,9-10,12,16,18-19,21,25,27-28,30,33-34,36-37,39-40,42-43,48,51,57,60,73H,4-6,8,11,13-15,17,20,22-24,26,29,31-32,35,38,41,44-47,49-50,52-56,58-59,61-72H2,1-3H3/b10-7-,12-9-,19-16-,21-18-,28-25-,30-27-,34-33-,37-36-,40-39-,43-42-,51-48-,60-57-. The van der Waals surface area contributed by atoms with Crippen molar-refractivity contribution in [1.82, 2.24) is 0 Å². The molecule has 0 saturated carbocycles. The number of carbonyl (C=O) groups excluding carboxylic acids is 3. The summed E-state index contributed by atoms with van der Waals surface area (Å²) in [7, 11) is 0. The Bertz CT molecular complexity index is 1780. The predicted octanol–water partition coefficient (Wildman–Crippen LogP) is 23.5. The van der Waals surface area contributed by atoms with Crippen LogP contribution in [0.15, 0.2) is 146 Å². The summed E-state index contributed by atoms with van der Waals surface area (Å²) in [5, 5.41) is 0. The molecule has 6 heteroatoms. The Morgan fingerprint density at radius 3 is 0.793 bits per heavy atom. The molecule has 0 rings (SSSR count). The Balaban J connectivity index is 4.47. The van der Waals surface area contributed by atoms with Gasteiger partial charge < -0.3 is 14.2 Å². The Labute approximate surface area is 506 Å². The lowest BCUT2D eigenvalue weighted by Gasteiger charge is -2.18. The van der Waals surface area contributed by atoms with Crippen molar-refractivity contribution in [3.8, 4) is 0 Å². The van der Waals surface area contributed by atoms with Gasteiger partial charge in [-0.1, -0.05) is 308 Å². The third kappa shape index (κ3) is 66.1. The zero-order valence-corrected chi connectivity index (χ0v) is 53.2. The quantitative estimate of drug-likeness (QED) is 0.0261. The molecule has 0 heterocycles. The van der Waals surface area contributed by atoms with E-state index in [0.29, 0.717) is 19.3 Å². The molecule has 0 bridgehead atoms. The number of rotatable bonds is 60. The highest BCUT2D eigenvalue weighted by atomic mass is 16.6. The largest absolute Gasteiger partial charge is 0.462 e. The Morgan fingerprint density at radius 1 is 0.256 bits per heavy atom. The van der Waals surface area contributed by atoms with Crippen molar-refractivity contribution in [2.24, 2.45) is 0 Å². The maximum Gasteiger partial charge on any atom is 0.306 e. The maximum atomic E-state index is 12.9. The van der Waals surface area contributed by atoms with Crippen LogP contribution in [0.1, 0.15) is 297 Å². The zero-order valence-electron chi connectivity index (χ0n) is 53.2. The van der Waals surface area contributed by atoms with Gasteiger partial charge in [0.1, 0.15) is 13.2 Å². The summed E-state index contributed by atoms with van der Waals surface area (Å²) in [5.74, 6) is -0.968. The van der Waals surface area contributed by atoms with Gasteiger partial charge in [-0.25, -0.2) is 0 Å². The number of hydrogen-bond acceptors (Lipinski definition) is 6. The van der Waals surface area contributed by atoms with Crippen LogP contribution in [-0.4, -0.2) is 37.2 Å². The number of hydrogen-bond donors (Lipinski definition) is 0. The van der Waals surface area contributed by atoms with Gasteiger partial charge in [0.05, 0.1) is 0 Å². The van der Waals surface area contributed by atoms with Gasteiger partial charge >= 0.3 is 17.9 Å². The van der Waals surface area contributed by atoms with Gasteiger partial charge in [-0.2, -0.15) is 0 Å². The summed E-state index contributed by atoms with van der Waals surface area (Å²) in [6, 6.07) is 0. The van der Waals surface area contributed by atoms with Gasteiger partial charge in [0.15, 0.2) is 6.10 Å². The van der Waals surface area contributed by atoms with Crippen molar-refractivity contribution in [1.29, 1.82) is 0 Å². The molecule has 0 spiro atoms. The van der Waals surface area contributed by atoms with Gasteiger partial charge in [-0.3, -0.25) is 14.4 Å². The van der Waals surface area contributed by atoms with Gasteiger partial charge in [0, 0.05) is 19.3 Å². The first kappa shape index (κ1) is 77.3. The topological polar surface area (TPSA) is 78.9 Å². The molecular weight excluding hydrogens is 1010 g/mol. The molecule has 82 heavy (non-hydrogen) atoms. The molecule has 1 unspecified atom stereocenters. The molecule has 0 aliphatic rings. The molecule has 0 amide bonds. The molecule has 0 aromatic carbocycles. The molecule has 464 valence electrons. The van der Waals surface area contributed by atoms with Gasteiger partial charge in [-0.05, 0) is 116 Å². The SMILES string of the molecule is CC/C=C\C/C=C\C/C=C\C/C=C\C/C=C\C/C=C\C/C=C\C/C=C\C/C=C\CCCC(=O)OCC(COC(=O)CCCCCCCCC/C=C\C/C=C\C/C=C\CC)OC(=O)CCCCCCCCCCCCCCCCCCCC. The number of esters is 3. The van der Waals surface area contributed by atoms with Crippen LogP contribution in [0.3, 0.4) is 0 Å². The van der Waals surface area contributed by atoms with Crippen molar-refractivity contribution in [3.63, 3.8) is 0 Å². The van der Waals surface area contributed by atoms with E-state index in [2.05, 4.69) is 167 Å². The van der Waals surface area contributed by atoms with E-state index < -0.39 is 6.10 Å². The monoisotopic (exact) mass is 1130 g/mol. The summed E-state index contributed by atoms with van der Waals surface area (Å²) in [4.78, 5) is 38.4. The first-order valence-electron chi connectivity index (χ1n) is 33.8. The van der Waals surface area contributed by atoms with Crippen molar-refractivity contribution in [2.75, 3.05) is 13.2 Å². The van der Waals surface area contributed by atoms with Gasteiger partial charge in [0.2, 0.25) is 0 Å². The van der Waals surface area contributed by atoms with E-state index in [0.717, 1.165) is 128 Å². The highest BCUT2D eigenvalue weighted by Gasteiger charge is 2.19. The minimum Gasteiger partial charge on any atom is -0.462 e. The molecule has 0 fully saturated rings. The summed E-state index contributed by atoms with van der Waals surface area (Å²) in [6.45, 7) is 6.38. The lowest BCUT2D eigenvalue weighted by molar-refractivity contribution is -0.167. The molecule has 1 atom stereocenters. The van der Waals surface area contributed by atoms with Crippen LogP contribution in [0.5, 0.6) is 0 Å². The average Bonchev–Trinajstić information content (AvgIpc) is 3.47. The second kappa shape index (κ2) is 68.8. The second-order valence-electron chi connectivity index (χ2n) is 22.0. The lowest BCUT2D eigenvalue weighted by Crippen LogP contribution is -2.30.